The molecule has 2 bridgehead atoms. The zero-order valence-corrected chi connectivity index (χ0v) is 5.75. The van der Waals surface area contributed by atoms with E-state index in [-0.39, 0.29) is 0 Å². The fourth-order valence-corrected chi connectivity index (χ4v) is 2.02. The van der Waals surface area contributed by atoms with Crippen LogP contribution < -0.4 is 5.73 Å². The number of allylic oxidation sites excluding steroid dienone is 1. The van der Waals surface area contributed by atoms with Crippen LogP contribution in [0.2, 0.25) is 0 Å². The minimum atomic E-state index is -0.528. The van der Waals surface area contributed by atoms with Crippen LogP contribution in [0.1, 0.15) is 12.8 Å². The minimum Gasteiger partial charge on any atom is -0.313 e. The van der Waals surface area contributed by atoms with Crippen LogP contribution in [0.3, 0.4) is 0 Å². The van der Waals surface area contributed by atoms with Gasteiger partial charge in [0, 0.05) is 5.92 Å². The number of rotatable bonds is 0. The van der Waals surface area contributed by atoms with Crippen LogP contribution >= 0.6 is 0 Å². The molecule has 2 aliphatic rings. The first-order chi connectivity index (χ1) is 4.74. The molecule has 2 rings (SSSR count). The highest BCUT2D eigenvalue weighted by molar-refractivity contribution is 5.25. The number of nitrogens with two attached hydrogens (primary N) is 1. The Hall–Kier alpha value is -0.810. The number of hydrogen-bond acceptors (Lipinski definition) is 2. The van der Waals surface area contributed by atoms with Gasteiger partial charge in [-0.05, 0) is 18.8 Å². The topological polar surface area (TPSA) is 49.8 Å². The summed E-state index contributed by atoms with van der Waals surface area (Å²) in [6.07, 6.45) is 6.25. The number of nitriles is 1. The summed E-state index contributed by atoms with van der Waals surface area (Å²) in [6, 6.07) is 2.20. The SMILES string of the molecule is N#CC1(N)CC2C=CC1C2. The van der Waals surface area contributed by atoms with Gasteiger partial charge < -0.3 is 5.73 Å². The first-order valence-electron chi connectivity index (χ1n) is 3.63. The Morgan fingerprint density at radius 1 is 1.60 bits per heavy atom. The molecule has 10 heavy (non-hydrogen) atoms. The maximum absolute atomic E-state index is 8.74. The highest BCUT2D eigenvalue weighted by atomic mass is 14.8. The van der Waals surface area contributed by atoms with Crippen LogP contribution in [-0.4, -0.2) is 5.54 Å². The fourth-order valence-electron chi connectivity index (χ4n) is 2.02. The normalized spacial score (nSPS) is 49.6. The van der Waals surface area contributed by atoms with E-state index in [4.69, 9.17) is 11.0 Å². The Morgan fingerprint density at radius 3 is 2.70 bits per heavy atom. The van der Waals surface area contributed by atoms with Gasteiger partial charge in [0.1, 0.15) is 5.54 Å². The van der Waals surface area contributed by atoms with Gasteiger partial charge in [0.2, 0.25) is 0 Å². The van der Waals surface area contributed by atoms with E-state index in [0.717, 1.165) is 12.8 Å². The summed E-state index contributed by atoms with van der Waals surface area (Å²) in [5.41, 5.74) is 5.30. The van der Waals surface area contributed by atoms with E-state index in [2.05, 4.69) is 18.2 Å². The van der Waals surface area contributed by atoms with Gasteiger partial charge in [0.25, 0.3) is 0 Å². The molecule has 2 N–H and O–H groups in total. The van der Waals surface area contributed by atoms with Crippen molar-refractivity contribution in [3.63, 3.8) is 0 Å². The lowest BCUT2D eigenvalue weighted by Crippen LogP contribution is -2.41. The second kappa shape index (κ2) is 1.62. The van der Waals surface area contributed by atoms with Crippen molar-refractivity contribution in [2.24, 2.45) is 17.6 Å². The van der Waals surface area contributed by atoms with Crippen molar-refractivity contribution in [3.05, 3.63) is 12.2 Å². The lowest BCUT2D eigenvalue weighted by molar-refractivity contribution is 0.460. The maximum atomic E-state index is 8.74. The van der Waals surface area contributed by atoms with E-state index in [1.54, 1.807) is 0 Å². The Bertz CT molecular complexity index is 226. The van der Waals surface area contributed by atoms with Crippen LogP contribution in [0, 0.1) is 23.2 Å². The van der Waals surface area contributed by atoms with Crippen molar-refractivity contribution in [2.75, 3.05) is 0 Å². The molecule has 2 heteroatoms. The molecule has 0 heterocycles. The molecule has 0 amide bonds. The molecule has 52 valence electrons. The van der Waals surface area contributed by atoms with E-state index in [1.165, 1.54) is 0 Å². The molecule has 0 aromatic rings. The summed E-state index contributed by atoms with van der Waals surface area (Å²) in [4.78, 5) is 0. The predicted molar refractivity (Wildman–Crippen MR) is 37.9 cm³/mol. The van der Waals surface area contributed by atoms with Crippen LogP contribution in [-0.2, 0) is 0 Å². The molecule has 0 aliphatic heterocycles. The molecule has 0 aromatic carbocycles. The number of fused-ring (bicyclic) bond motifs is 2. The third-order valence-corrected chi connectivity index (χ3v) is 2.64. The number of hydrogen-bond donors (Lipinski definition) is 1. The Labute approximate surface area is 60.3 Å². The second-order valence-corrected chi connectivity index (χ2v) is 3.34. The molecule has 3 atom stereocenters. The fraction of sp³-hybridized carbons (Fsp3) is 0.625. The molecular weight excluding hydrogens is 124 g/mol. The average Bonchev–Trinajstić information content (AvgIpc) is 2.46. The highest BCUT2D eigenvalue weighted by Crippen LogP contribution is 2.44. The van der Waals surface area contributed by atoms with Crippen molar-refractivity contribution in [1.82, 2.24) is 0 Å². The monoisotopic (exact) mass is 134 g/mol. The largest absolute Gasteiger partial charge is 0.313 e. The molecular formula is C8H10N2. The highest BCUT2D eigenvalue weighted by Gasteiger charge is 2.45. The summed E-state index contributed by atoms with van der Waals surface area (Å²) >= 11 is 0. The van der Waals surface area contributed by atoms with Crippen LogP contribution in [0.4, 0.5) is 0 Å². The second-order valence-electron chi connectivity index (χ2n) is 3.34. The minimum absolute atomic E-state index is 0.336. The average molecular weight is 134 g/mol. The summed E-state index contributed by atoms with van der Waals surface area (Å²) in [5.74, 6) is 0.928. The molecule has 0 aromatic heterocycles. The Balaban J connectivity index is 2.33. The third kappa shape index (κ3) is 0.559. The molecule has 0 saturated heterocycles. The van der Waals surface area contributed by atoms with E-state index >= 15 is 0 Å². The summed E-state index contributed by atoms with van der Waals surface area (Å²) in [7, 11) is 0. The molecule has 2 nitrogen and oxygen atoms in total. The van der Waals surface area contributed by atoms with Crippen molar-refractivity contribution in [3.8, 4) is 6.07 Å². The molecule has 0 spiro atoms. The van der Waals surface area contributed by atoms with E-state index < -0.39 is 5.54 Å². The molecule has 1 saturated carbocycles. The van der Waals surface area contributed by atoms with Crippen LogP contribution in [0.15, 0.2) is 12.2 Å². The lowest BCUT2D eigenvalue weighted by atomic mass is 9.87. The van der Waals surface area contributed by atoms with Crippen molar-refractivity contribution in [1.29, 1.82) is 5.26 Å². The van der Waals surface area contributed by atoms with Gasteiger partial charge in [-0.25, -0.2) is 0 Å². The van der Waals surface area contributed by atoms with Gasteiger partial charge >= 0.3 is 0 Å². The van der Waals surface area contributed by atoms with Gasteiger partial charge in [0.15, 0.2) is 0 Å². The van der Waals surface area contributed by atoms with Crippen molar-refractivity contribution in [2.45, 2.75) is 18.4 Å². The van der Waals surface area contributed by atoms with Crippen LogP contribution in [0.5, 0.6) is 0 Å². The molecule has 0 radical (unpaired) electrons. The van der Waals surface area contributed by atoms with Gasteiger partial charge in [-0.3, -0.25) is 0 Å². The van der Waals surface area contributed by atoms with Gasteiger partial charge in [0.05, 0.1) is 6.07 Å². The molecule has 3 unspecified atom stereocenters. The van der Waals surface area contributed by atoms with Crippen molar-refractivity contribution < 1.29 is 0 Å². The smallest absolute Gasteiger partial charge is 0.111 e. The quantitative estimate of drug-likeness (QED) is 0.498. The Morgan fingerprint density at radius 2 is 2.40 bits per heavy atom. The van der Waals surface area contributed by atoms with Gasteiger partial charge in [-0.2, -0.15) is 5.26 Å². The lowest BCUT2D eigenvalue weighted by Gasteiger charge is -2.22. The zero-order valence-electron chi connectivity index (χ0n) is 5.75. The zero-order chi connectivity index (χ0) is 7.19. The third-order valence-electron chi connectivity index (χ3n) is 2.64. The van der Waals surface area contributed by atoms with Crippen LogP contribution in [0.25, 0.3) is 0 Å². The van der Waals surface area contributed by atoms with Gasteiger partial charge in [-0.1, -0.05) is 12.2 Å². The predicted octanol–water partition coefficient (Wildman–Crippen LogP) is 0.803. The standard InChI is InChI=1S/C8H10N2/c9-5-8(10)4-6-1-2-7(8)3-6/h1-2,6-7H,3-4,10H2. The van der Waals surface area contributed by atoms with E-state index in [9.17, 15) is 0 Å². The summed E-state index contributed by atoms with van der Waals surface area (Å²) < 4.78 is 0. The first kappa shape index (κ1) is 5.94. The summed E-state index contributed by atoms with van der Waals surface area (Å²) in [6.45, 7) is 0. The molecule has 1 fully saturated rings. The maximum Gasteiger partial charge on any atom is 0.111 e. The van der Waals surface area contributed by atoms with E-state index in [1.807, 2.05) is 0 Å². The Kier molecular flexibility index (Phi) is 0.959. The molecule has 2 aliphatic carbocycles. The summed E-state index contributed by atoms with van der Waals surface area (Å²) in [5, 5.41) is 8.74. The number of nitrogens with zero attached hydrogens (tertiary/aromatic N) is 1. The van der Waals surface area contributed by atoms with Gasteiger partial charge in [-0.15, -0.1) is 0 Å². The van der Waals surface area contributed by atoms with E-state index in [0.29, 0.717) is 11.8 Å². The van der Waals surface area contributed by atoms with Crippen molar-refractivity contribution >= 4 is 0 Å². The first-order valence-corrected chi connectivity index (χ1v) is 3.63.